The summed E-state index contributed by atoms with van der Waals surface area (Å²) in [5, 5.41) is 0. The van der Waals surface area contributed by atoms with Crippen molar-refractivity contribution >= 4 is 11.9 Å². The number of esters is 2. The molecule has 0 N–H and O–H groups in total. The normalized spacial score (nSPS) is 12.2. The van der Waals surface area contributed by atoms with Crippen molar-refractivity contribution in [2.45, 2.75) is 78.7 Å². The molecule has 0 amide bonds. The van der Waals surface area contributed by atoms with Gasteiger partial charge in [0.15, 0.2) is 0 Å². The Bertz CT molecular complexity index is 274. The Morgan fingerprint density at radius 3 is 2.25 bits per heavy atom. The summed E-state index contributed by atoms with van der Waals surface area (Å²) in [7, 11) is 0. The molecular formula is C16H30O4. The Hall–Kier alpha value is -1.06. The van der Waals surface area contributed by atoms with Crippen molar-refractivity contribution in [3.8, 4) is 0 Å². The van der Waals surface area contributed by atoms with Gasteiger partial charge >= 0.3 is 11.9 Å². The van der Waals surface area contributed by atoms with Gasteiger partial charge in [0.25, 0.3) is 0 Å². The zero-order valence-corrected chi connectivity index (χ0v) is 13.4. The molecule has 0 aromatic carbocycles. The van der Waals surface area contributed by atoms with E-state index in [-0.39, 0.29) is 12.5 Å². The van der Waals surface area contributed by atoms with Gasteiger partial charge in [0.05, 0.1) is 12.7 Å². The molecule has 1 unspecified atom stereocenters. The van der Waals surface area contributed by atoms with Crippen LogP contribution in [-0.4, -0.2) is 24.6 Å². The highest BCUT2D eigenvalue weighted by atomic mass is 16.6. The molecule has 4 heteroatoms. The number of carbonyl (C=O) groups excluding carboxylic acids is 2. The summed E-state index contributed by atoms with van der Waals surface area (Å²) in [6.07, 6.45) is 5.64. The maximum Gasteiger partial charge on any atom is 0.317 e. The summed E-state index contributed by atoms with van der Waals surface area (Å²) in [6.45, 7) is 8.63. The SMILES string of the molecule is CCCCCC(C)OC(=O)CC(=O)OCCCC(C)C. The highest BCUT2D eigenvalue weighted by Gasteiger charge is 2.15. The summed E-state index contributed by atoms with van der Waals surface area (Å²) in [5.41, 5.74) is 0. The fourth-order valence-corrected chi connectivity index (χ4v) is 1.85. The summed E-state index contributed by atoms with van der Waals surface area (Å²) >= 11 is 0. The van der Waals surface area contributed by atoms with Crippen LogP contribution in [0.2, 0.25) is 0 Å². The summed E-state index contributed by atoms with van der Waals surface area (Å²) in [6, 6.07) is 0. The van der Waals surface area contributed by atoms with Crippen LogP contribution in [0.4, 0.5) is 0 Å². The number of carbonyl (C=O) groups is 2. The van der Waals surface area contributed by atoms with Crippen LogP contribution in [0.1, 0.15) is 72.6 Å². The second-order valence-corrected chi connectivity index (χ2v) is 5.73. The fraction of sp³-hybridized carbons (Fsp3) is 0.875. The maximum atomic E-state index is 11.5. The molecule has 1 atom stereocenters. The Balaban J connectivity index is 3.65. The van der Waals surface area contributed by atoms with Gasteiger partial charge < -0.3 is 9.47 Å². The topological polar surface area (TPSA) is 52.6 Å². The first-order valence-corrected chi connectivity index (χ1v) is 7.80. The minimum Gasteiger partial charge on any atom is -0.465 e. The molecule has 0 saturated heterocycles. The zero-order chi connectivity index (χ0) is 15.4. The molecule has 0 aliphatic heterocycles. The molecule has 0 saturated carbocycles. The maximum absolute atomic E-state index is 11.5. The van der Waals surface area contributed by atoms with E-state index in [1.807, 2.05) is 6.92 Å². The van der Waals surface area contributed by atoms with Gasteiger partial charge in [-0.1, -0.05) is 33.6 Å². The molecule has 0 aromatic heterocycles. The Morgan fingerprint density at radius 2 is 1.65 bits per heavy atom. The van der Waals surface area contributed by atoms with E-state index in [9.17, 15) is 9.59 Å². The Morgan fingerprint density at radius 1 is 0.950 bits per heavy atom. The number of ether oxygens (including phenoxy) is 2. The lowest BCUT2D eigenvalue weighted by Crippen LogP contribution is -2.19. The molecular weight excluding hydrogens is 256 g/mol. The van der Waals surface area contributed by atoms with Crippen molar-refractivity contribution < 1.29 is 19.1 Å². The minimum atomic E-state index is -0.487. The highest BCUT2D eigenvalue weighted by Crippen LogP contribution is 2.08. The van der Waals surface area contributed by atoms with Crippen LogP contribution in [0, 0.1) is 5.92 Å². The van der Waals surface area contributed by atoms with Crippen LogP contribution in [-0.2, 0) is 19.1 Å². The van der Waals surface area contributed by atoms with E-state index in [1.54, 1.807) is 0 Å². The van der Waals surface area contributed by atoms with Crippen LogP contribution in [0.5, 0.6) is 0 Å². The number of hydrogen-bond donors (Lipinski definition) is 0. The Kier molecular flexibility index (Phi) is 11.1. The third-order valence-corrected chi connectivity index (χ3v) is 3.02. The molecule has 0 rings (SSSR count). The molecule has 0 aromatic rings. The fourth-order valence-electron chi connectivity index (χ4n) is 1.85. The molecule has 0 spiro atoms. The van der Waals surface area contributed by atoms with Gasteiger partial charge in [-0.05, 0) is 38.5 Å². The van der Waals surface area contributed by atoms with Gasteiger partial charge in [0, 0.05) is 0 Å². The average Bonchev–Trinajstić information content (AvgIpc) is 2.34. The van der Waals surface area contributed by atoms with E-state index < -0.39 is 11.9 Å². The predicted molar refractivity (Wildman–Crippen MR) is 79.3 cm³/mol. The second kappa shape index (κ2) is 11.7. The van der Waals surface area contributed by atoms with E-state index in [4.69, 9.17) is 9.47 Å². The highest BCUT2D eigenvalue weighted by molar-refractivity contribution is 5.91. The molecule has 20 heavy (non-hydrogen) atoms. The smallest absolute Gasteiger partial charge is 0.317 e. The van der Waals surface area contributed by atoms with Crippen molar-refractivity contribution in [1.29, 1.82) is 0 Å². The van der Waals surface area contributed by atoms with Gasteiger partial charge in [-0.25, -0.2) is 0 Å². The average molecular weight is 286 g/mol. The van der Waals surface area contributed by atoms with E-state index in [2.05, 4.69) is 20.8 Å². The van der Waals surface area contributed by atoms with Crippen LogP contribution < -0.4 is 0 Å². The molecule has 0 aliphatic rings. The lowest BCUT2D eigenvalue weighted by atomic mass is 10.1. The lowest BCUT2D eigenvalue weighted by Gasteiger charge is -2.12. The first-order chi connectivity index (χ1) is 9.45. The molecule has 0 bridgehead atoms. The summed E-state index contributed by atoms with van der Waals surface area (Å²) in [5.74, 6) is -0.370. The second-order valence-electron chi connectivity index (χ2n) is 5.73. The van der Waals surface area contributed by atoms with Crippen molar-refractivity contribution in [1.82, 2.24) is 0 Å². The van der Waals surface area contributed by atoms with E-state index >= 15 is 0 Å². The number of hydrogen-bond acceptors (Lipinski definition) is 4. The van der Waals surface area contributed by atoms with Gasteiger partial charge in [0.2, 0.25) is 0 Å². The van der Waals surface area contributed by atoms with Gasteiger partial charge in [-0.2, -0.15) is 0 Å². The van der Waals surface area contributed by atoms with Crippen LogP contribution in [0.25, 0.3) is 0 Å². The van der Waals surface area contributed by atoms with Crippen LogP contribution in [0.3, 0.4) is 0 Å². The monoisotopic (exact) mass is 286 g/mol. The first kappa shape index (κ1) is 18.9. The minimum absolute atomic E-state index is 0.122. The number of rotatable bonds is 11. The quantitative estimate of drug-likeness (QED) is 0.329. The van der Waals surface area contributed by atoms with Crippen LogP contribution >= 0.6 is 0 Å². The largest absolute Gasteiger partial charge is 0.465 e. The third-order valence-electron chi connectivity index (χ3n) is 3.02. The van der Waals surface area contributed by atoms with Gasteiger partial charge in [0.1, 0.15) is 6.42 Å². The Labute approximate surface area is 123 Å². The predicted octanol–water partition coefficient (Wildman–Crippen LogP) is 3.87. The zero-order valence-electron chi connectivity index (χ0n) is 13.4. The molecule has 0 aliphatic carbocycles. The van der Waals surface area contributed by atoms with Crippen molar-refractivity contribution in [3.05, 3.63) is 0 Å². The summed E-state index contributed by atoms with van der Waals surface area (Å²) in [4.78, 5) is 22.9. The molecule has 118 valence electrons. The van der Waals surface area contributed by atoms with E-state index in [0.29, 0.717) is 12.5 Å². The molecule has 0 radical (unpaired) electrons. The molecule has 4 nitrogen and oxygen atoms in total. The van der Waals surface area contributed by atoms with Gasteiger partial charge in [-0.3, -0.25) is 9.59 Å². The lowest BCUT2D eigenvalue weighted by molar-refractivity contribution is -0.157. The van der Waals surface area contributed by atoms with Crippen molar-refractivity contribution in [2.24, 2.45) is 5.92 Å². The molecule has 0 fully saturated rings. The first-order valence-electron chi connectivity index (χ1n) is 7.80. The third kappa shape index (κ3) is 12.0. The van der Waals surface area contributed by atoms with E-state index in [0.717, 1.165) is 38.5 Å². The van der Waals surface area contributed by atoms with E-state index in [1.165, 1.54) is 0 Å². The number of unbranched alkanes of at least 4 members (excludes halogenated alkanes) is 2. The van der Waals surface area contributed by atoms with Gasteiger partial charge in [-0.15, -0.1) is 0 Å². The van der Waals surface area contributed by atoms with Crippen molar-refractivity contribution in [2.75, 3.05) is 6.61 Å². The van der Waals surface area contributed by atoms with Crippen molar-refractivity contribution in [3.63, 3.8) is 0 Å². The summed E-state index contributed by atoms with van der Waals surface area (Å²) < 4.78 is 10.2. The van der Waals surface area contributed by atoms with Crippen LogP contribution in [0.15, 0.2) is 0 Å². The standard InChI is InChI=1S/C16H30O4/c1-5-6-7-10-14(4)20-16(18)12-15(17)19-11-8-9-13(2)3/h13-14H,5-12H2,1-4H3. The molecule has 0 heterocycles.